The number of aromatic nitrogens is 3. The zero-order valence-corrected chi connectivity index (χ0v) is 22.2. The molecule has 7 nitrogen and oxygen atoms in total. The van der Waals surface area contributed by atoms with E-state index >= 15 is 0 Å². The van der Waals surface area contributed by atoms with Crippen LogP contribution in [0.3, 0.4) is 0 Å². The van der Waals surface area contributed by atoms with Crippen LogP contribution in [0.25, 0.3) is 11.3 Å². The smallest absolute Gasteiger partial charge is 0.309 e. The largest absolute Gasteiger partial charge is 0.490 e. The van der Waals surface area contributed by atoms with Gasteiger partial charge in [0.1, 0.15) is 11.4 Å². The second-order valence-corrected chi connectivity index (χ2v) is 15.2. The molecule has 0 radical (unpaired) electrons. The minimum absolute atomic E-state index is 0.0315. The SMILES string of the molecule is CCOC(=O)[C@H]1CCC[C@H](Oc2ccc(-c3nnn(C)c3CO[Si](C)(C)C(C)(C)C)cc2)C1. The molecule has 33 heavy (non-hydrogen) atoms. The number of ether oxygens (including phenoxy) is 2. The van der Waals surface area contributed by atoms with Gasteiger partial charge in [0, 0.05) is 12.6 Å². The summed E-state index contributed by atoms with van der Waals surface area (Å²) in [5.41, 5.74) is 2.79. The van der Waals surface area contributed by atoms with Crippen molar-refractivity contribution in [2.45, 2.75) is 84.2 Å². The van der Waals surface area contributed by atoms with Crippen LogP contribution in [-0.4, -0.2) is 42.0 Å². The normalized spacial score (nSPS) is 19.4. The summed E-state index contributed by atoms with van der Waals surface area (Å²) in [5.74, 6) is 0.637. The molecule has 8 heteroatoms. The van der Waals surface area contributed by atoms with Crippen molar-refractivity contribution in [3.05, 3.63) is 30.0 Å². The molecule has 0 aliphatic heterocycles. The number of aryl methyl sites for hydroxylation is 1. The molecule has 1 aromatic carbocycles. The molecule has 182 valence electrons. The lowest BCUT2D eigenvalue weighted by Gasteiger charge is -2.36. The Bertz CT molecular complexity index is 934. The fourth-order valence-electron chi connectivity index (χ4n) is 3.84. The summed E-state index contributed by atoms with van der Waals surface area (Å²) in [5, 5.41) is 8.78. The Morgan fingerprint density at radius 1 is 1.18 bits per heavy atom. The van der Waals surface area contributed by atoms with Crippen LogP contribution in [-0.2, 0) is 27.6 Å². The first-order valence-corrected chi connectivity index (χ1v) is 14.9. The molecule has 0 N–H and O–H groups in total. The van der Waals surface area contributed by atoms with E-state index in [0.717, 1.165) is 42.0 Å². The lowest BCUT2D eigenvalue weighted by molar-refractivity contribution is -0.150. The lowest BCUT2D eigenvalue weighted by Crippen LogP contribution is -2.40. The van der Waals surface area contributed by atoms with Crippen molar-refractivity contribution in [2.75, 3.05) is 6.61 Å². The molecular formula is C25H39N3O4Si. The number of nitrogens with zero attached hydrogens (tertiary/aromatic N) is 3. The molecule has 1 aliphatic carbocycles. The summed E-state index contributed by atoms with van der Waals surface area (Å²) in [4.78, 5) is 12.1. The number of rotatable bonds is 8. The van der Waals surface area contributed by atoms with Crippen LogP contribution in [0.5, 0.6) is 5.75 Å². The molecule has 1 saturated carbocycles. The number of hydrogen-bond acceptors (Lipinski definition) is 6. The van der Waals surface area contributed by atoms with E-state index < -0.39 is 8.32 Å². The maximum Gasteiger partial charge on any atom is 0.309 e. The second kappa shape index (κ2) is 10.4. The third-order valence-corrected chi connectivity index (χ3v) is 11.5. The summed E-state index contributed by atoms with van der Waals surface area (Å²) in [6, 6.07) is 7.97. The van der Waals surface area contributed by atoms with Crippen molar-refractivity contribution in [3.8, 4) is 17.0 Å². The zero-order valence-electron chi connectivity index (χ0n) is 21.2. The molecule has 0 bridgehead atoms. The average molecular weight is 474 g/mol. The van der Waals surface area contributed by atoms with Gasteiger partial charge in [-0.3, -0.25) is 4.79 Å². The molecule has 3 rings (SSSR count). The van der Waals surface area contributed by atoms with Gasteiger partial charge in [-0.05, 0) is 75.0 Å². The topological polar surface area (TPSA) is 75.5 Å². The van der Waals surface area contributed by atoms with Crippen molar-refractivity contribution in [3.63, 3.8) is 0 Å². The van der Waals surface area contributed by atoms with E-state index in [-0.39, 0.29) is 23.0 Å². The quantitative estimate of drug-likeness (QED) is 0.372. The summed E-state index contributed by atoms with van der Waals surface area (Å²) in [7, 11) is 0.0212. The van der Waals surface area contributed by atoms with Crippen molar-refractivity contribution in [1.29, 1.82) is 0 Å². The molecule has 1 aromatic heterocycles. The molecule has 0 saturated heterocycles. The summed E-state index contributed by atoms with van der Waals surface area (Å²) >= 11 is 0. The Balaban J connectivity index is 1.67. The van der Waals surface area contributed by atoms with Crippen LogP contribution in [0.1, 0.15) is 59.1 Å². The summed E-state index contributed by atoms with van der Waals surface area (Å²) in [6.07, 6.45) is 3.55. The summed E-state index contributed by atoms with van der Waals surface area (Å²) in [6.45, 7) is 14.0. The van der Waals surface area contributed by atoms with E-state index in [1.807, 2.05) is 38.2 Å². The Hall–Kier alpha value is -2.19. The fraction of sp³-hybridized carbons (Fsp3) is 0.640. The van der Waals surface area contributed by atoms with Crippen LogP contribution in [0, 0.1) is 5.92 Å². The molecule has 1 aliphatic rings. The van der Waals surface area contributed by atoms with Crippen LogP contribution in [0.15, 0.2) is 24.3 Å². The van der Waals surface area contributed by atoms with Crippen molar-refractivity contribution < 1.29 is 18.7 Å². The molecular weight excluding hydrogens is 434 g/mol. The number of carbonyl (C=O) groups excluding carboxylic acids is 1. The standard InChI is InChI=1S/C25H39N3O4Si/c1-8-30-24(29)19-10-9-11-21(16-19)32-20-14-12-18(13-15-20)23-22(28(5)27-26-23)17-31-33(6,7)25(2,3)4/h12-15,19,21H,8-11,16-17H2,1-7H3/t19-,21-/m0/s1. The molecule has 1 heterocycles. The Morgan fingerprint density at radius 3 is 2.52 bits per heavy atom. The zero-order chi connectivity index (χ0) is 24.2. The van der Waals surface area contributed by atoms with Gasteiger partial charge in [0.25, 0.3) is 0 Å². The Morgan fingerprint density at radius 2 is 1.88 bits per heavy atom. The van der Waals surface area contributed by atoms with E-state index in [1.165, 1.54) is 0 Å². The highest BCUT2D eigenvalue weighted by molar-refractivity contribution is 6.74. The van der Waals surface area contributed by atoms with E-state index in [2.05, 4.69) is 44.2 Å². The van der Waals surface area contributed by atoms with Crippen LogP contribution in [0.2, 0.25) is 18.1 Å². The van der Waals surface area contributed by atoms with Crippen LogP contribution >= 0.6 is 0 Å². The molecule has 1 fully saturated rings. The third-order valence-electron chi connectivity index (χ3n) is 7.00. The minimum Gasteiger partial charge on any atom is -0.490 e. The molecule has 0 spiro atoms. The predicted molar refractivity (Wildman–Crippen MR) is 131 cm³/mol. The van der Waals surface area contributed by atoms with Crippen molar-refractivity contribution in [1.82, 2.24) is 15.0 Å². The minimum atomic E-state index is -1.88. The monoisotopic (exact) mass is 473 g/mol. The van der Waals surface area contributed by atoms with Gasteiger partial charge in [-0.15, -0.1) is 5.10 Å². The number of hydrogen-bond donors (Lipinski definition) is 0. The number of benzene rings is 1. The van der Waals surface area contributed by atoms with E-state index in [4.69, 9.17) is 13.9 Å². The first-order valence-electron chi connectivity index (χ1n) is 12.0. The highest BCUT2D eigenvalue weighted by atomic mass is 28.4. The predicted octanol–water partition coefficient (Wildman–Crippen LogP) is 5.50. The third kappa shape index (κ3) is 6.23. The number of esters is 1. The molecule has 0 amide bonds. The van der Waals surface area contributed by atoms with Gasteiger partial charge < -0.3 is 13.9 Å². The highest BCUT2D eigenvalue weighted by Crippen LogP contribution is 2.37. The van der Waals surface area contributed by atoms with Gasteiger partial charge >= 0.3 is 5.97 Å². The van der Waals surface area contributed by atoms with Gasteiger partial charge in [0.15, 0.2) is 8.32 Å². The van der Waals surface area contributed by atoms with E-state index in [0.29, 0.717) is 19.6 Å². The first-order chi connectivity index (χ1) is 15.5. The van der Waals surface area contributed by atoms with E-state index in [1.54, 1.807) is 4.68 Å². The molecule has 2 aromatic rings. The molecule has 2 atom stereocenters. The van der Waals surface area contributed by atoms with Gasteiger partial charge in [-0.2, -0.15) is 0 Å². The Labute approximate surface area is 198 Å². The van der Waals surface area contributed by atoms with Gasteiger partial charge in [-0.1, -0.05) is 26.0 Å². The van der Waals surface area contributed by atoms with Crippen molar-refractivity contribution in [2.24, 2.45) is 13.0 Å². The molecule has 0 unspecified atom stereocenters. The fourth-order valence-corrected chi connectivity index (χ4v) is 4.77. The summed E-state index contributed by atoms with van der Waals surface area (Å²) < 4.78 is 19.6. The van der Waals surface area contributed by atoms with Gasteiger partial charge in [-0.25, -0.2) is 4.68 Å². The van der Waals surface area contributed by atoms with Gasteiger partial charge in [0.2, 0.25) is 0 Å². The maximum atomic E-state index is 12.1. The van der Waals surface area contributed by atoms with Gasteiger partial charge in [0.05, 0.1) is 30.9 Å². The first kappa shape index (κ1) is 25.4. The van der Waals surface area contributed by atoms with E-state index in [9.17, 15) is 4.79 Å². The van der Waals surface area contributed by atoms with Crippen molar-refractivity contribution >= 4 is 14.3 Å². The Kier molecular flexibility index (Phi) is 8.00. The second-order valence-electron chi connectivity index (χ2n) is 10.4. The number of carbonyl (C=O) groups is 1. The lowest BCUT2D eigenvalue weighted by atomic mass is 9.87. The van der Waals surface area contributed by atoms with Crippen LogP contribution < -0.4 is 4.74 Å². The van der Waals surface area contributed by atoms with Crippen LogP contribution in [0.4, 0.5) is 0 Å². The maximum absolute atomic E-state index is 12.1. The highest BCUT2D eigenvalue weighted by Gasteiger charge is 2.37. The average Bonchev–Trinajstić information content (AvgIpc) is 3.13.